The number of rotatable bonds is 6. The van der Waals surface area contributed by atoms with Crippen LogP contribution in [0.5, 0.6) is 0 Å². The van der Waals surface area contributed by atoms with Crippen LogP contribution in [-0.2, 0) is 27.4 Å². The topological polar surface area (TPSA) is 66.5 Å². The Kier molecular flexibility index (Phi) is 6.61. The highest BCUT2D eigenvalue weighted by atomic mass is 35.5. The van der Waals surface area contributed by atoms with Gasteiger partial charge in [-0.3, -0.25) is 9.10 Å². The minimum absolute atomic E-state index is 0.139. The van der Waals surface area contributed by atoms with E-state index in [1.54, 1.807) is 18.2 Å². The van der Waals surface area contributed by atoms with Crippen LogP contribution < -0.4 is 9.62 Å². The molecule has 28 heavy (non-hydrogen) atoms. The Bertz CT molecular complexity index is 978. The smallest absolute Gasteiger partial charge is 0.324 e. The monoisotopic (exact) mass is 434 g/mol. The average Bonchev–Trinajstić information content (AvgIpc) is 2.59. The molecule has 0 saturated heterocycles. The number of para-hydroxylation sites is 1. The highest BCUT2D eigenvalue weighted by molar-refractivity contribution is 7.92. The fraction of sp³-hybridized carbons (Fsp3) is 0.278. The minimum Gasteiger partial charge on any atom is -0.324 e. The number of hydrogen-bond donors (Lipinski definition) is 1. The Morgan fingerprint density at radius 2 is 1.82 bits per heavy atom. The number of sulfonamides is 1. The van der Waals surface area contributed by atoms with Crippen molar-refractivity contribution in [3.63, 3.8) is 0 Å². The molecular weight excluding hydrogens is 417 g/mol. The van der Waals surface area contributed by atoms with Crippen LogP contribution in [-0.4, -0.2) is 27.1 Å². The number of anilines is 2. The maximum atomic E-state index is 13.2. The van der Waals surface area contributed by atoms with Crippen LogP contribution >= 0.6 is 11.6 Å². The summed E-state index contributed by atoms with van der Waals surface area (Å²) in [6, 6.07) is 9.51. The lowest BCUT2D eigenvalue weighted by atomic mass is 10.1. The zero-order chi connectivity index (χ0) is 21.1. The molecule has 152 valence electrons. The summed E-state index contributed by atoms with van der Waals surface area (Å²) in [5.74, 6) is -0.913. The van der Waals surface area contributed by atoms with E-state index in [-0.39, 0.29) is 5.02 Å². The van der Waals surface area contributed by atoms with E-state index in [9.17, 15) is 26.4 Å². The van der Waals surface area contributed by atoms with E-state index in [1.807, 2.05) is 6.92 Å². The fourth-order valence-corrected chi connectivity index (χ4v) is 3.67. The predicted octanol–water partition coefficient (Wildman–Crippen LogP) is 4.33. The van der Waals surface area contributed by atoms with Crippen LogP contribution in [0.1, 0.15) is 18.1 Å². The molecule has 2 aromatic rings. The lowest BCUT2D eigenvalue weighted by Crippen LogP contribution is -2.38. The van der Waals surface area contributed by atoms with E-state index in [2.05, 4.69) is 5.32 Å². The van der Waals surface area contributed by atoms with Crippen molar-refractivity contribution in [2.45, 2.75) is 19.5 Å². The molecule has 0 aliphatic carbocycles. The van der Waals surface area contributed by atoms with Gasteiger partial charge in [-0.15, -0.1) is 0 Å². The van der Waals surface area contributed by atoms with Gasteiger partial charge in [0.2, 0.25) is 15.9 Å². The number of halogens is 4. The summed E-state index contributed by atoms with van der Waals surface area (Å²) >= 11 is 5.62. The van der Waals surface area contributed by atoms with Crippen molar-refractivity contribution in [3.8, 4) is 0 Å². The maximum absolute atomic E-state index is 13.2. The summed E-state index contributed by atoms with van der Waals surface area (Å²) < 4.78 is 64.8. The number of hydrogen-bond acceptors (Lipinski definition) is 3. The average molecular weight is 435 g/mol. The van der Waals surface area contributed by atoms with Crippen molar-refractivity contribution in [2.75, 3.05) is 22.4 Å². The quantitative estimate of drug-likeness (QED) is 0.736. The van der Waals surface area contributed by atoms with E-state index in [1.165, 1.54) is 12.1 Å². The zero-order valence-electron chi connectivity index (χ0n) is 15.0. The number of aryl methyl sites for hydroxylation is 1. The molecule has 0 aromatic heterocycles. The second kappa shape index (κ2) is 8.40. The van der Waals surface area contributed by atoms with Gasteiger partial charge < -0.3 is 5.32 Å². The SMILES string of the molecule is CCc1ccccc1N(CC(=O)Nc1ccc(Cl)cc1C(F)(F)F)S(C)(=O)=O. The van der Waals surface area contributed by atoms with Gasteiger partial charge in [-0.05, 0) is 36.2 Å². The van der Waals surface area contributed by atoms with E-state index in [0.29, 0.717) is 23.7 Å². The lowest BCUT2D eigenvalue weighted by molar-refractivity contribution is -0.137. The first kappa shape index (κ1) is 22.0. The highest BCUT2D eigenvalue weighted by Crippen LogP contribution is 2.36. The first-order valence-electron chi connectivity index (χ1n) is 8.15. The van der Waals surface area contributed by atoms with E-state index < -0.39 is 39.9 Å². The molecule has 0 saturated carbocycles. The molecule has 0 spiro atoms. The molecule has 2 rings (SSSR count). The van der Waals surface area contributed by atoms with Crippen molar-refractivity contribution in [1.29, 1.82) is 0 Å². The molecule has 1 amide bonds. The fourth-order valence-electron chi connectivity index (χ4n) is 2.61. The number of amides is 1. The lowest BCUT2D eigenvalue weighted by Gasteiger charge is -2.24. The van der Waals surface area contributed by atoms with Gasteiger partial charge in [-0.25, -0.2) is 8.42 Å². The standard InChI is InChI=1S/C18H18ClF3N2O3S/c1-3-12-6-4-5-7-16(12)24(28(2,26)27)11-17(25)23-15-9-8-13(19)10-14(15)18(20,21)22/h4-10H,3,11H2,1-2H3,(H,23,25). The molecule has 0 unspecified atom stereocenters. The Labute approximate surface area is 166 Å². The van der Waals surface area contributed by atoms with Crippen LogP contribution in [0.15, 0.2) is 42.5 Å². The molecule has 0 heterocycles. The summed E-state index contributed by atoms with van der Waals surface area (Å²) in [5, 5.41) is 1.99. The number of carbonyl (C=O) groups is 1. The highest BCUT2D eigenvalue weighted by Gasteiger charge is 2.34. The van der Waals surface area contributed by atoms with Gasteiger partial charge in [0.15, 0.2) is 0 Å². The van der Waals surface area contributed by atoms with Gasteiger partial charge in [0.1, 0.15) is 6.54 Å². The van der Waals surface area contributed by atoms with Crippen LogP contribution in [0.3, 0.4) is 0 Å². The minimum atomic E-state index is -4.74. The summed E-state index contributed by atoms with van der Waals surface area (Å²) in [7, 11) is -3.85. The van der Waals surface area contributed by atoms with Crippen molar-refractivity contribution >= 4 is 38.9 Å². The molecule has 2 aromatic carbocycles. The summed E-state index contributed by atoms with van der Waals surface area (Å²) in [4.78, 5) is 12.4. The number of carbonyl (C=O) groups excluding carboxylic acids is 1. The van der Waals surface area contributed by atoms with Crippen LogP contribution in [0.2, 0.25) is 5.02 Å². The first-order chi connectivity index (χ1) is 12.9. The number of benzene rings is 2. The molecule has 0 fully saturated rings. The molecule has 0 atom stereocenters. The zero-order valence-corrected chi connectivity index (χ0v) is 16.6. The molecule has 0 bridgehead atoms. The third-order valence-electron chi connectivity index (χ3n) is 3.89. The van der Waals surface area contributed by atoms with Crippen molar-refractivity contribution in [2.24, 2.45) is 0 Å². The number of nitrogens with zero attached hydrogens (tertiary/aromatic N) is 1. The van der Waals surface area contributed by atoms with Crippen LogP contribution in [0.25, 0.3) is 0 Å². The van der Waals surface area contributed by atoms with Crippen molar-refractivity contribution in [1.82, 2.24) is 0 Å². The van der Waals surface area contributed by atoms with Gasteiger partial charge in [-0.2, -0.15) is 13.2 Å². The molecule has 0 aliphatic rings. The van der Waals surface area contributed by atoms with Crippen LogP contribution in [0, 0.1) is 0 Å². The first-order valence-corrected chi connectivity index (χ1v) is 10.4. The third kappa shape index (κ3) is 5.39. The Morgan fingerprint density at radius 3 is 2.39 bits per heavy atom. The molecule has 5 nitrogen and oxygen atoms in total. The summed E-state index contributed by atoms with van der Waals surface area (Å²) in [6.45, 7) is 1.15. The molecular formula is C18H18ClF3N2O3S. The predicted molar refractivity (Wildman–Crippen MR) is 103 cm³/mol. The summed E-state index contributed by atoms with van der Waals surface area (Å²) in [6.07, 6.45) is -3.30. The van der Waals surface area contributed by atoms with E-state index >= 15 is 0 Å². The molecule has 1 N–H and O–H groups in total. The van der Waals surface area contributed by atoms with Gasteiger partial charge in [0.05, 0.1) is 23.2 Å². The van der Waals surface area contributed by atoms with E-state index in [4.69, 9.17) is 11.6 Å². The van der Waals surface area contributed by atoms with Gasteiger partial charge in [0.25, 0.3) is 0 Å². The molecule has 0 radical (unpaired) electrons. The van der Waals surface area contributed by atoms with Gasteiger partial charge in [0, 0.05) is 5.02 Å². The second-order valence-electron chi connectivity index (χ2n) is 5.99. The number of alkyl halides is 3. The Balaban J connectivity index is 2.34. The number of nitrogens with one attached hydrogen (secondary N) is 1. The largest absolute Gasteiger partial charge is 0.418 e. The summed E-state index contributed by atoms with van der Waals surface area (Å²) in [5.41, 5.74) is -0.634. The van der Waals surface area contributed by atoms with Gasteiger partial charge >= 0.3 is 6.18 Å². The Hall–Kier alpha value is -2.26. The normalized spacial score (nSPS) is 11.9. The third-order valence-corrected chi connectivity index (χ3v) is 5.25. The van der Waals surface area contributed by atoms with Gasteiger partial charge in [-0.1, -0.05) is 36.7 Å². The van der Waals surface area contributed by atoms with Crippen molar-refractivity contribution in [3.05, 3.63) is 58.6 Å². The molecule has 0 aliphatic heterocycles. The maximum Gasteiger partial charge on any atom is 0.418 e. The molecule has 10 heteroatoms. The van der Waals surface area contributed by atoms with Crippen LogP contribution in [0.4, 0.5) is 24.5 Å². The second-order valence-corrected chi connectivity index (χ2v) is 8.33. The van der Waals surface area contributed by atoms with E-state index in [0.717, 1.165) is 16.6 Å². The Morgan fingerprint density at radius 1 is 1.18 bits per heavy atom. The van der Waals surface area contributed by atoms with Crippen molar-refractivity contribution < 1.29 is 26.4 Å².